The van der Waals surface area contributed by atoms with Crippen molar-refractivity contribution in [3.63, 3.8) is 0 Å². The molecule has 4 rings (SSSR count). The van der Waals surface area contributed by atoms with Crippen molar-refractivity contribution in [1.82, 2.24) is 10.1 Å². The van der Waals surface area contributed by atoms with Crippen LogP contribution in [0.2, 0.25) is 0 Å². The number of carbonyl (C=O) groups excluding carboxylic acids is 2. The first-order valence-electron chi connectivity index (χ1n) is 9.29. The standard InChI is InChI=1S/C21H21N3O4/c25-20(22-19-10-12-28-23-19)14-24(13-16-7-4-11-27-16)21(26)18-9-3-6-15-5-1-2-8-17(15)18/h1-3,5-6,8-10,12,16H,4,7,11,13-14H2,(H,22,23,25). The van der Waals surface area contributed by atoms with E-state index in [0.717, 1.165) is 23.6 Å². The number of hydrogen-bond donors (Lipinski definition) is 1. The molecule has 1 atom stereocenters. The van der Waals surface area contributed by atoms with Crippen molar-refractivity contribution in [2.45, 2.75) is 18.9 Å². The van der Waals surface area contributed by atoms with Gasteiger partial charge in [-0.15, -0.1) is 0 Å². The van der Waals surface area contributed by atoms with Gasteiger partial charge in [0, 0.05) is 24.8 Å². The highest BCUT2D eigenvalue weighted by molar-refractivity contribution is 6.08. The molecule has 0 radical (unpaired) electrons. The number of ether oxygens (including phenoxy) is 1. The molecule has 1 N–H and O–H groups in total. The molecule has 1 aromatic heterocycles. The minimum atomic E-state index is -0.333. The minimum absolute atomic E-state index is 0.0567. The zero-order valence-corrected chi connectivity index (χ0v) is 15.3. The van der Waals surface area contributed by atoms with E-state index in [0.29, 0.717) is 24.5 Å². The summed E-state index contributed by atoms with van der Waals surface area (Å²) in [4.78, 5) is 27.4. The summed E-state index contributed by atoms with van der Waals surface area (Å²) in [6.45, 7) is 0.967. The van der Waals surface area contributed by atoms with Crippen molar-refractivity contribution in [3.8, 4) is 0 Å². The molecule has 2 aromatic carbocycles. The quantitative estimate of drug-likeness (QED) is 0.711. The monoisotopic (exact) mass is 379 g/mol. The lowest BCUT2D eigenvalue weighted by Crippen LogP contribution is -2.42. The first-order valence-corrected chi connectivity index (χ1v) is 9.29. The van der Waals surface area contributed by atoms with E-state index >= 15 is 0 Å². The number of aromatic nitrogens is 1. The Labute approximate surface area is 162 Å². The molecule has 1 aliphatic rings. The van der Waals surface area contributed by atoms with Crippen LogP contribution < -0.4 is 5.32 Å². The number of amides is 2. The van der Waals surface area contributed by atoms with E-state index in [1.165, 1.54) is 6.26 Å². The van der Waals surface area contributed by atoms with Crippen molar-refractivity contribution in [2.24, 2.45) is 0 Å². The summed E-state index contributed by atoms with van der Waals surface area (Å²) >= 11 is 0. The molecular weight excluding hydrogens is 358 g/mol. The predicted octanol–water partition coefficient (Wildman–Crippen LogP) is 3.09. The topological polar surface area (TPSA) is 84.7 Å². The summed E-state index contributed by atoms with van der Waals surface area (Å²) in [5.41, 5.74) is 0.574. The predicted molar refractivity (Wildman–Crippen MR) is 104 cm³/mol. The van der Waals surface area contributed by atoms with Crippen molar-refractivity contribution in [3.05, 3.63) is 60.4 Å². The maximum absolute atomic E-state index is 13.3. The zero-order valence-electron chi connectivity index (χ0n) is 15.3. The van der Waals surface area contributed by atoms with Crippen LogP contribution in [0.3, 0.4) is 0 Å². The first-order chi connectivity index (χ1) is 13.7. The summed E-state index contributed by atoms with van der Waals surface area (Å²) in [5, 5.41) is 8.17. The zero-order chi connectivity index (χ0) is 19.3. The third kappa shape index (κ3) is 4.04. The third-order valence-electron chi connectivity index (χ3n) is 4.80. The van der Waals surface area contributed by atoms with Crippen LogP contribution in [0, 0.1) is 0 Å². The molecule has 7 nitrogen and oxygen atoms in total. The molecule has 1 fully saturated rings. The number of benzene rings is 2. The van der Waals surface area contributed by atoms with Gasteiger partial charge in [0.05, 0.1) is 6.10 Å². The summed E-state index contributed by atoms with van der Waals surface area (Å²) in [7, 11) is 0. The normalized spacial score (nSPS) is 16.2. The average molecular weight is 379 g/mol. The molecular formula is C21H21N3O4. The number of fused-ring (bicyclic) bond motifs is 1. The maximum Gasteiger partial charge on any atom is 0.255 e. The number of anilines is 1. The summed E-state index contributed by atoms with van der Waals surface area (Å²) in [5.74, 6) is -0.206. The smallest absolute Gasteiger partial charge is 0.255 e. The van der Waals surface area contributed by atoms with E-state index in [2.05, 4.69) is 10.5 Å². The third-order valence-corrected chi connectivity index (χ3v) is 4.80. The van der Waals surface area contributed by atoms with Crippen LogP contribution in [0.5, 0.6) is 0 Å². The van der Waals surface area contributed by atoms with Gasteiger partial charge in [-0.25, -0.2) is 0 Å². The SMILES string of the molecule is O=C(CN(CC1CCCO1)C(=O)c1cccc2ccccc12)Nc1ccon1. The van der Waals surface area contributed by atoms with Gasteiger partial charge in [-0.2, -0.15) is 0 Å². The summed E-state index contributed by atoms with van der Waals surface area (Å²) in [6.07, 6.45) is 3.16. The highest BCUT2D eigenvalue weighted by Gasteiger charge is 2.26. The van der Waals surface area contributed by atoms with Crippen LogP contribution in [0.15, 0.2) is 59.3 Å². The van der Waals surface area contributed by atoms with Gasteiger partial charge >= 0.3 is 0 Å². The Morgan fingerprint density at radius 3 is 2.79 bits per heavy atom. The second kappa shape index (κ2) is 8.22. The first kappa shape index (κ1) is 18.2. The largest absolute Gasteiger partial charge is 0.376 e. The molecule has 144 valence electrons. The van der Waals surface area contributed by atoms with Gasteiger partial charge in [0.2, 0.25) is 5.91 Å². The number of nitrogens with one attached hydrogen (secondary N) is 1. The molecule has 7 heteroatoms. The van der Waals surface area contributed by atoms with Crippen molar-refractivity contribution in [2.75, 3.05) is 25.0 Å². The molecule has 28 heavy (non-hydrogen) atoms. The van der Waals surface area contributed by atoms with Crippen LogP contribution in [0.4, 0.5) is 5.82 Å². The lowest BCUT2D eigenvalue weighted by molar-refractivity contribution is -0.117. The molecule has 1 unspecified atom stereocenters. The fourth-order valence-electron chi connectivity index (χ4n) is 3.47. The van der Waals surface area contributed by atoms with Gasteiger partial charge in [0.15, 0.2) is 5.82 Å². The van der Waals surface area contributed by atoms with Gasteiger partial charge < -0.3 is 19.5 Å². The number of hydrogen-bond acceptors (Lipinski definition) is 5. The Hall–Kier alpha value is -3.19. The summed E-state index contributed by atoms with van der Waals surface area (Å²) < 4.78 is 10.4. The van der Waals surface area contributed by atoms with E-state index in [-0.39, 0.29) is 24.5 Å². The fourth-order valence-corrected chi connectivity index (χ4v) is 3.47. The molecule has 0 saturated carbocycles. The highest BCUT2D eigenvalue weighted by atomic mass is 16.5. The molecule has 0 aliphatic carbocycles. The van der Waals surface area contributed by atoms with E-state index in [1.807, 2.05) is 36.4 Å². The Morgan fingerprint density at radius 2 is 2.00 bits per heavy atom. The van der Waals surface area contributed by atoms with Crippen LogP contribution in [-0.4, -0.2) is 47.7 Å². The number of rotatable bonds is 6. The second-order valence-corrected chi connectivity index (χ2v) is 6.78. The Morgan fingerprint density at radius 1 is 1.14 bits per heavy atom. The molecule has 1 aliphatic heterocycles. The van der Waals surface area contributed by atoms with Crippen molar-refractivity contribution < 1.29 is 18.8 Å². The lowest BCUT2D eigenvalue weighted by atomic mass is 10.0. The fraction of sp³-hybridized carbons (Fsp3) is 0.286. The lowest BCUT2D eigenvalue weighted by Gasteiger charge is -2.25. The Kier molecular flexibility index (Phi) is 5.34. The molecule has 2 heterocycles. The van der Waals surface area contributed by atoms with Gasteiger partial charge in [-0.3, -0.25) is 9.59 Å². The molecule has 3 aromatic rings. The van der Waals surface area contributed by atoms with Crippen LogP contribution in [0.25, 0.3) is 10.8 Å². The molecule has 1 saturated heterocycles. The van der Waals surface area contributed by atoms with Crippen LogP contribution in [0.1, 0.15) is 23.2 Å². The van der Waals surface area contributed by atoms with Gasteiger partial charge in [-0.05, 0) is 29.7 Å². The highest BCUT2D eigenvalue weighted by Crippen LogP contribution is 2.21. The van der Waals surface area contributed by atoms with Crippen molar-refractivity contribution >= 4 is 28.4 Å². The van der Waals surface area contributed by atoms with Gasteiger partial charge in [-0.1, -0.05) is 41.6 Å². The second-order valence-electron chi connectivity index (χ2n) is 6.78. The average Bonchev–Trinajstić information content (AvgIpc) is 3.41. The molecule has 0 spiro atoms. The summed E-state index contributed by atoms with van der Waals surface area (Å²) in [6, 6.07) is 14.9. The maximum atomic E-state index is 13.3. The number of carbonyl (C=O) groups is 2. The van der Waals surface area contributed by atoms with E-state index in [1.54, 1.807) is 17.0 Å². The van der Waals surface area contributed by atoms with E-state index in [9.17, 15) is 9.59 Å². The van der Waals surface area contributed by atoms with E-state index in [4.69, 9.17) is 9.26 Å². The molecule has 2 amide bonds. The molecule has 0 bridgehead atoms. The number of nitrogens with zero attached hydrogens (tertiary/aromatic N) is 2. The minimum Gasteiger partial charge on any atom is -0.376 e. The van der Waals surface area contributed by atoms with E-state index < -0.39 is 0 Å². The van der Waals surface area contributed by atoms with Gasteiger partial charge in [0.25, 0.3) is 5.91 Å². The van der Waals surface area contributed by atoms with Gasteiger partial charge in [0.1, 0.15) is 12.8 Å². The Bertz CT molecular complexity index is 959. The van der Waals surface area contributed by atoms with Crippen LogP contribution in [-0.2, 0) is 9.53 Å². The van der Waals surface area contributed by atoms with Crippen LogP contribution >= 0.6 is 0 Å². The van der Waals surface area contributed by atoms with Crippen molar-refractivity contribution in [1.29, 1.82) is 0 Å². The Balaban J connectivity index is 1.58.